The Morgan fingerprint density at radius 2 is 1.78 bits per heavy atom. The summed E-state index contributed by atoms with van der Waals surface area (Å²) in [5, 5.41) is 12.2. The molecule has 0 bridgehead atoms. The van der Waals surface area contributed by atoms with Crippen molar-refractivity contribution in [1.29, 1.82) is 0 Å². The van der Waals surface area contributed by atoms with Crippen LogP contribution < -0.4 is 9.80 Å². The number of aliphatic carboxylic acids is 1. The first-order valence-electron chi connectivity index (χ1n) is 13.1. The van der Waals surface area contributed by atoms with Gasteiger partial charge in [-0.3, -0.25) is 14.5 Å². The van der Waals surface area contributed by atoms with E-state index in [0.29, 0.717) is 17.5 Å². The number of carboxylic acid groups (broad SMARTS) is 1. The van der Waals surface area contributed by atoms with E-state index in [1.54, 1.807) is 0 Å². The highest BCUT2D eigenvalue weighted by atomic mass is 32.1. The molecule has 2 aliphatic rings. The predicted octanol–water partition coefficient (Wildman–Crippen LogP) is 6.10. The lowest BCUT2D eigenvalue weighted by Crippen LogP contribution is -2.39. The molecule has 3 aromatic rings. The largest absolute Gasteiger partial charge is 0.481 e. The Morgan fingerprint density at radius 1 is 1.05 bits per heavy atom. The number of nitrogens with zero attached hydrogens (tertiary/aromatic N) is 4. The lowest BCUT2D eigenvalue weighted by atomic mass is 9.90. The molecular formula is C29H34N4O3S. The average Bonchev–Trinajstić information content (AvgIpc) is 3.36. The van der Waals surface area contributed by atoms with Crippen LogP contribution in [0.25, 0.3) is 22.4 Å². The Morgan fingerprint density at radius 3 is 2.41 bits per heavy atom. The topological polar surface area (TPSA) is 86.6 Å². The lowest BCUT2D eigenvalue weighted by molar-refractivity contribution is -0.141. The zero-order valence-corrected chi connectivity index (χ0v) is 22.3. The summed E-state index contributed by atoms with van der Waals surface area (Å²) in [6.45, 7) is 0. The molecule has 1 amide bonds. The van der Waals surface area contributed by atoms with Crippen molar-refractivity contribution in [3.05, 3.63) is 48.0 Å². The highest BCUT2D eigenvalue weighted by molar-refractivity contribution is 7.14. The van der Waals surface area contributed by atoms with Crippen molar-refractivity contribution in [2.45, 2.75) is 57.4 Å². The molecule has 2 heterocycles. The molecule has 2 aromatic heterocycles. The van der Waals surface area contributed by atoms with Gasteiger partial charge >= 0.3 is 5.97 Å². The van der Waals surface area contributed by atoms with Crippen LogP contribution in [0.5, 0.6) is 0 Å². The predicted molar refractivity (Wildman–Crippen MR) is 148 cm³/mol. The van der Waals surface area contributed by atoms with Crippen molar-refractivity contribution >= 4 is 34.2 Å². The van der Waals surface area contributed by atoms with E-state index in [1.165, 1.54) is 24.2 Å². The molecule has 2 saturated carbocycles. The summed E-state index contributed by atoms with van der Waals surface area (Å²) in [4.78, 5) is 38.7. The Balaban J connectivity index is 1.43. The van der Waals surface area contributed by atoms with Gasteiger partial charge in [0.1, 0.15) is 5.82 Å². The van der Waals surface area contributed by atoms with Crippen molar-refractivity contribution < 1.29 is 14.7 Å². The number of pyridine rings is 1. The second-order valence-corrected chi connectivity index (χ2v) is 11.3. The minimum absolute atomic E-state index is 0.0746. The van der Waals surface area contributed by atoms with E-state index < -0.39 is 11.9 Å². The SMILES string of the molecule is CN(C)c1ccc(-c2ccccc2-c2csc(N(C(=O)C(CC(=O)O)CC3CCCC3)C3CC3)n2)cn1. The van der Waals surface area contributed by atoms with Crippen LogP contribution in [0.3, 0.4) is 0 Å². The molecule has 1 unspecified atom stereocenters. The van der Waals surface area contributed by atoms with Gasteiger partial charge in [0.2, 0.25) is 5.91 Å². The Labute approximate surface area is 222 Å². The highest BCUT2D eigenvalue weighted by Crippen LogP contribution is 2.40. The molecule has 0 aliphatic heterocycles. The second-order valence-electron chi connectivity index (χ2n) is 10.5. The molecule has 1 atom stereocenters. The van der Waals surface area contributed by atoms with Crippen molar-refractivity contribution in [1.82, 2.24) is 9.97 Å². The van der Waals surface area contributed by atoms with Crippen LogP contribution in [0.15, 0.2) is 48.0 Å². The number of carbonyl (C=O) groups excluding carboxylic acids is 1. The third kappa shape index (κ3) is 5.85. The van der Waals surface area contributed by atoms with E-state index in [2.05, 4.69) is 17.1 Å². The number of aromatic nitrogens is 2. The van der Waals surface area contributed by atoms with Gasteiger partial charge in [0.05, 0.1) is 12.1 Å². The van der Waals surface area contributed by atoms with Gasteiger partial charge in [-0.15, -0.1) is 11.3 Å². The Hall–Kier alpha value is -3.26. The maximum absolute atomic E-state index is 13.8. The van der Waals surface area contributed by atoms with Gasteiger partial charge in [-0.1, -0.05) is 49.9 Å². The third-order valence-electron chi connectivity index (χ3n) is 7.43. The van der Waals surface area contributed by atoms with Crippen molar-refractivity contribution in [3.8, 4) is 22.4 Å². The van der Waals surface area contributed by atoms with Gasteiger partial charge in [0.25, 0.3) is 0 Å². The van der Waals surface area contributed by atoms with Crippen LogP contribution in [-0.4, -0.2) is 47.1 Å². The van der Waals surface area contributed by atoms with Gasteiger partial charge in [0.15, 0.2) is 5.13 Å². The fourth-order valence-electron chi connectivity index (χ4n) is 5.36. The first-order chi connectivity index (χ1) is 17.9. The van der Waals surface area contributed by atoms with E-state index in [1.807, 2.05) is 59.7 Å². The molecule has 5 rings (SSSR count). The smallest absolute Gasteiger partial charge is 0.304 e. The molecule has 0 spiro atoms. The number of carbonyl (C=O) groups is 2. The number of carboxylic acids is 1. The number of hydrogen-bond donors (Lipinski definition) is 1. The molecular weight excluding hydrogens is 484 g/mol. The van der Waals surface area contributed by atoms with Crippen LogP contribution in [0.4, 0.5) is 10.9 Å². The maximum atomic E-state index is 13.8. The molecule has 37 heavy (non-hydrogen) atoms. The zero-order chi connectivity index (χ0) is 25.9. The minimum Gasteiger partial charge on any atom is -0.481 e. The van der Waals surface area contributed by atoms with E-state index in [-0.39, 0.29) is 18.4 Å². The summed E-state index contributed by atoms with van der Waals surface area (Å²) in [5.41, 5.74) is 3.84. The summed E-state index contributed by atoms with van der Waals surface area (Å²) >= 11 is 1.46. The summed E-state index contributed by atoms with van der Waals surface area (Å²) in [7, 11) is 3.93. The van der Waals surface area contributed by atoms with Crippen LogP contribution >= 0.6 is 11.3 Å². The van der Waals surface area contributed by atoms with Crippen molar-refractivity contribution in [2.24, 2.45) is 11.8 Å². The second kappa shape index (κ2) is 11.0. The van der Waals surface area contributed by atoms with E-state index in [0.717, 1.165) is 53.9 Å². The van der Waals surface area contributed by atoms with Crippen molar-refractivity contribution in [3.63, 3.8) is 0 Å². The summed E-state index contributed by atoms with van der Waals surface area (Å²) < 4.78 is 0. The fourth-order valence-corrected chi connectivity index (χ4v) is 6.26. The number of amides is 1. The van der Waals surface area contributed by atoms with Gasteiger partial charge < -0.3 is 10.0 Å². The highest BCUT2D eigenvalue weighted by Gasteiger charge is 2.40. The first-order valence-corrected chi connectivity index (χ1v) is 14.0. The van der Waals surface area contributed by atoms with Crippen molar-refractivity contribution in [2.75, 3.05) is 23.9 Å². The molecule has 0 saturated heterocycles. The average molecular weight is 519 g/mol. The molecule has 2 fully saturated rings. The summed E-state index contributed by atoms with van der Waals surface area (Å²) in [6, 6.07) is 12.3. The standard InChI is InChI=1S/C29H34N4O3S/c1-32(2)26-14-11-20(17-30-26)23-9-5-6-10-24(23)25-18-37-29(31-25)33(22-12-13-22)28(36)21(16-27(34)35)15-19-7-3-4-8-19/h5-6,9-11,14,17-19,21-22H,3-4,7-8,12-13,15-16H2,1-2H3,(H,34,35). The molecule has 1 aromatic carbocycles. The third-order valence-corrected chi connectivity index (χ3v) is 8.27. The maximum Gasteiger partial charge on any atom is 0.304 e. The van der Waals surface area contributed by atoms with Gasteiger partial charge in [-0.2, -0.15) is 0 Å². The normalized spacial score (nSPS) is 16.5. The minimum atomic E-state index is -0.908. The zero-order valence-electron chi connectivity index (χ0n) is 21.5. The lowest BCUT2D eigenvalue weighted by Gasteiger charge is -2.26. The molecule has 7 nitrogen and oxygen atoms in total. The quantitative estimate of drug-likeness (QED) is 0.349. The summed E-state index contributed by atoms with van der Waals surface area (Å²) in [6.07, 6.45) is 8.82. The van der Waals surface area contributed by atoms with Crippen LogP contribution in [0.2, 0.25) is 0 Å². The van der Waals surface area contributed by atoms with Crippen LogP contribution in [-0.2, 0) is 9.59 Å². The van der Waals surface area contributed by atoms with E-state index >= 15 is 0 Å². The molecule has 1 N–H and O–H groups in total. The fraction of sp³-hybridized carbons (Fsp3) is 0.448. The number of hydrogen-bond acceptors (Lipinski definition) is 6. The molecule has 2 aliphatic carbocycles. The molecule has 8 heteroatoms. The van der Waals surface area contributed by atoms with E-state index in [4.69, 9.17) is 4.98 Å². The Kier molecular flexibility index (Phi) is 7.55. The van der Waals surface area contributed by atoms with E-state index in [9.17, 15) is 14.7 Å². The number of thiazole rings is 1. The van der Waals surface area contributed by atoms with Gasteiger partial charge in [-0.25, -0.2) is 9.97 Å². The Bertz CT molecular complexity index is 1250. The number of rotatable bonds is 10. The van der Waals surface area contributed by atoms with Crippen LogP contribution in [0.1, 0.15) is 51.4 Å². The monoisotopic (exact) mass is 518 g/mol. The molecule has 194 valence electrons. The first kappa shape index (κ1) is 25.4. The summed E-state index contributed by atoms with van der Waals surface area (Å²) in [5.74, 6) is -0.142. The van der Waals surface area contributed by atoms with Gasteiger partial charge in [0, 0.05) is 48.8 Å². The number of anilines is 2. The van der Waals surface area contributed by atoms with Gasteiger partial charge in [-0.05, 0) is 42.9 Å². The van der Waals surface area contributed by atoms with Crippen LogP contribution in [0, 0.1) is 11.8 Å². The molecule has 0 radical (unpaired) electrons. The number of benzene rings is 1.